The number of nitrogens with one attached hydrogen (secondary N) is 1. The summed E-state index contributed by atoms with van der Waals surface area (Å²) in [6.45, 7) is 3.57. The SMILES string of the molecule is CC1CCC(NS(=O)(=O)CC(=O)N(Cc2ccccc2)C(C)C(=O)O)CC1. The molecule has 7 nitrogen and oxygen atoms in total. The molecular weight excluding hydrogens is 368 g/mol. The zero-order chi connectivity index (χ0) is 20.0. The third-order valence-corrected chi connectivity index (χ3v) is 6.34. The summed E-state index contributed by atoms with van der Waals surface area (Å²) < 4.78 is 27.5. The van der Waals surface area contributed by atoms with Gasteiger partial charge in [0.1, 0.15) is 11.8 Å². The second-order valence-electron chi connectivity index (χ2n) is 7.36. The average Bonchev–Trinajstić information content (AvgIpc) is 2.61. The number of hydrogen-bond acceptors (Lipinski definition) is 4. The van der Waals surface area contributed by atoms with Gasteiger partial charge in [0.15, 0.2) is 0 Å². The van der Waals surface area contributed by atoms with Crippen LogP contribution in [0.25, 0.3) is 0 Å². The van der Waals surface area contributed by atoms with E-state index in [1.54, 1.807) is 24.3 Å². The van der Waals surface area contributed by atoms with Crippen molar-refractivity contribution < 1.29 is 23.1 Å². The first kappa shape index (κ1) is 21.4. The molecule has 27 heavy (non-hydrogen) atoms. The molecule has 0 heterocycles. The molecule has 1 atom stereocenters. The van der Waals surface area contributed by atoms with Gasteiger partial charge in [-0.1, -0.05) is 37.3 Å². The van der Waals surface area contributed by atoms with E-state index in [2.05, 4.69) is 11.6 Å². The smallest absolute Gasteiger partial charge is 0.326 e. The van der Waals surface area contributed by atoms with Crippen LogP contribution < -0.4 is 4.72 Å². The lowest BCUT2D eigenvalue weighted by atomic mass is 9.88. The number of hydrogen-bond donors (Lipinski definition) is 2. The van der Waals surface area contributed by atoms with E-state index in [-0.39, 0.29) is 12.6 Å². The van der Waals surface area contributed by atoms with E-state index < -0.39 is 33.7 Å². The fourth-order valence-electron chi connectivity index (χ4n) is 3.27. The van der Waals surface area contributed by atoms with Crippen molar-refractivity contribution >= 4 is 21.9 Å². The van der Waals surface area contributed by atoms with Crippen molar-refractivity contribution in [3.63, 3.8) is 0 Å². The summed E-state index contributed by atoms with van der Waals surface area (Å²) in [4.78, 5) is 25.1. The van der Waals surface area contributed by atoms with E-state index in [9.17, 15) is 23.1 Å². The Hall–Kier alpha value is -1.93. The summed E-state index contributed by atoms with van der Waals surface area (Å²) in [7, 11) is -3.83. The number of nitrogens with zero attached hydrogens (tertiary/aromatic N) is 1. The van der Waals surface area contributed by atoms with Crippen molar-refractivity contribution in [3.8, 4) is 0 Å². The fraction of sp³-hybridized carbons (Fsp3) is 0.579. The highest BCUT2D eigenvalue weighted by atomic mass is 32.2. The Morgan fingerprint density at radius 1 is 1.19 bits per heavy atom. The van der Waals surface area contributed by atoms with E-state index >= 15 is 0 Å². The minimum Gasteiger partial charge on any atom is -0.480 e. The number of aliphatic carboxylic acids is 1. The van der Waals surface area contributed by atoms with Gasteiger partial charge in [-0.25, -0.2) is 17.9 Å². The molecule has 1 amide bonds. The van der Waals surface area contributed by atoms with E-state index in [0.29, 0.717) is 5.92 Å². The van der Waals surface area contributed by atoms with E-state index in [4.69, 9.17) is 0 Å². The molecule has 0 aliphatic heterocycles. The highest BCUT2D eigenvalue weighted by Crippen LogP contribution is 2.24. The van der Waals surface area contributed by atoms with Crippen LogP contribution in [-0.4, -0.2) is 48.1 Å². The molecule has 1 aliphatic carbocycles. The average molecular weight is 397 g/mol. The lowest BCUT2D eigenvalue weighted by molar-refractivity contribution is -0.149. The van der Waals surface area contributed by atoms with Gasteiger partial charge in [0.2, 0.25) is 15.9 Å². The predicted octanol–water partition coefficient (Wildman–Crippen LogP) is 1.99. The van der Waals surface area contributed by atoms with Crippen LogP contribution in [0.15, 0.2) is 30.3 Å². The van der Waals surface area contributed by atoms with E-state index in [0.717, 1.165) is 36.1 Å². The molecular formula is C19H28N2O5S. The van der Waals surface area contributed by atoms with Crippen LogP contribution in [0.5, 0.6) is 0 Å². The van der Waals surface area contributed by atoms with Crippen LogP contribution in [0.4, 0.5) is 0 Å². The summed E-state index contributed by atoms with van der Waals surface area (Å²) in [5, 5.41) is 9.30. The van der Waals surface area contributed by atoms with Gasteiger partial charge in [-0.2, -0.15) is 0 Å². The molecule has 2 rings (SSSR count). The van der Waals surface area contributed by atoms with Crippen molar-refractivity contribution in [1.82, 2.24) is 9.62 Å². The van der Waals surface area contributed by atoms with Crippen molar-refractivity contribution in [1.29, 1.82) is 0 Å². The molecule has 1 fully saturated rings. The van der Waals surface area contributed by atoms with Gasteiger partial charge >= 0.3 is 5.97 Å². The monoisotopic (exact) mass is 396 g/mol. The minimum absolute atomic E-state index is 0.0452. The second kappa shape index (κ2) is 9.32. The molecule has 0 aromatic heterocycles. The minimum atomic E-state index is -3.83. The van der Waals surface area contributed by atoms with Crippen LogP contribution in [0, 0.1) is 5.92 Å². The lowest BCUT2D eigenvalue weighted by Crippen LogP contribution is -2.48. The van der Waals surface area contributed by atoms with Crippen molar-refractivity contribution in [3.05, 3.63) is 35.9 Å². The van der Waals surface area contributed by atoms with Gasteiger partial charge in [0.05, 0.1) is 0 Å². The standard InChI is InChI=1S/C19H28N2O5S/c1-14-8-10-17(11-9-14)20-27(25,26)13-18(22)21(15(2)19(23)24)12-16-6-4-3-5-7-16/h3-7,14-15,17,20H,8-13H2,1-2H3,(H,23,24). The predicted molar refractivity (Wildman–Crippen MR) is 102 cm³/mol. The number of carboxylic acids is 1. The molecule has 1 aromatic rings. The first-order valence-electron chi connectivity index (χ1n) is 9.24. The summed E-state index contributed by atoms with van der Waals surface area (Å²) in [5.41, 5.74) is 0.741. The molecule has 150 valence electrons. The fourth-order valence-corrected chi connectivity index (χ4v) is 4.59. The molecule has 8 heteroatoms. The molecule has 0 bridgehead atoms. The largest absolute Gasteiger partial charge is 0.480 e. The first-order valence-corrected chi connectivity index (χ1v) is 10.9. The number of carboxylic acid groups (broad SMARTS) is 1. The molecule has 1 aliphatic rings. The summed E-state index contributed by atoms with van der Waals surface area (Å²) >= 11 is 0. The summed E-state index contributed by atoms with van der Waals surface area (Å²) in [6.07, 6.45) is 3.43. The Morgan fingerprint density at radius 2 is 1.78 bits per heavy atom. The maximum atomic E-state index is 12.6. The topological polar surface area (TPSA) is 104 Å². The highest BCUT2D eigenvalue weighted by molar-refractivity contribution is 7.90. The highest BCUT2D eigenvalue weighted by Gasteiger charge is 2.30. The van der Waals surface area contributed by atoms with Crippen LogP contribution in [0.3, 0.4) is 0 Å². The van der Waals surface area contributed by atoms with Gasteiger partial charge in [0.25, 0.3) is 0 Å². The van der Waals surface area contributed by atoms with Gasteiger partial charge in [-0.3, -0.25) is 4.79 Å². The van der Waals surface area contributed by atoms with Crippen LogP contribution in [0.2, 0.25) is 0 Å². The van der Waals surface area contributed by atoms with Crippen molar-refractivity contribution in [2.24, 2.45) is 5.92 Å². The van der Waals surface area contributed by atoms with Gasteiger partial charge < -0.3 is 10.0 Å². The second-order valence-corrected chi connectivity index (χ2v) is 9.11. The number of rotatable bonds is 8. The maximum Gasteiger partial charge on any atom is 0.326 e. The zero-order valence-electron chi connectivity index (χ0n) is 15.8. The van der Waals surface area contributed by atoms with Crippen LogP contribution in [0.1, 0.15) is 45.1 Å². The Labute approximate surface area is 160 Å². The van der Waals surface area contributed by atoms with E-state index in [1.165, 1.54) is 6.92 Å². The van der Waals surface area contributed by atoms with Crippen LogP contribution in [-0.2, 0) is 26.2 Å². The molecule has 1 aromatic carbocycles. The number of carbonyl (C=O) groups excluding carboxylic acids is 1. The molecule has 2 N–H and O–H groups in total. The normalized spacial score (nSPS) is 21.4. The van der Waals surface area contributed by atoms with Crippen molar-refractivity contribution in [2.45, 2.75) is 58.2 Å². The van der Waals surface area contributed by atoms with Crippen molar-refractivity contribution in [2.75, 3.05) is 5.75 Å². The number of carbonyl (C=O) groups is 2. The number of benzene rings is 1. The lowest BCUT2D eigenvalue weighted by Gasteiger charge is -2.29. The maximum absolute atomic E-state index is 12.6. The summed E-state index contributed by atoms with van der Waals surface area (Å²) in [5.74, 6) is -2.05. The zero-order valence-corrected chi connectivity index (χ0v) is 16.6. The quantitative estimate of drug-likeness (QED) is 0.699. The molecule has 0 saturated heterocycles. The van der Waals surface area contributed by atoms with Crippen LogP contribution >= 0.6 is 0 Å². The number of sulfonamides is 1. The molecule has 0 radical (unpaired) electrons. The third-order valence-electron chi connectivity index (χ3n) is 5.02. The summed E-state index contributed by atoms with van der Waals surface area (Å²) in [6, 6.07) is 7.64. The molecule has 1 saturated carbocycles. The Bertz CT molecular complexity index is 743. The Kier molecular flexibility index (Phi) is 7.38. The van der Waals surface area contributed by atoms with Gasteiger partial charge in [0, 0.05) is 12.6 Å². The Balaban J connectivity index is 2.06. The first-order chi connectivity index (χ1) is 12.7. The van der Waals surface area contributed by atoms with Gasteiger partial charge in [-0.05, 0) is 44.1 Å². The van der Waals surface area contributed by atoms with E-state index in [1.807, 2.05) is 6.07 Å². The molecule has 1 unspecified atom stereocenters. The Morgan fingerprint density at radius 3 is 2.33 bits per heavy atom. The molecule has 0 spiro atoms. The third kappa shape index (κ3) is 6.62. The van der Waals surface area contributed by atoms with Gasteiger partial charge in [-0.15, -0.1) is 0 Å². The number of amides is 1.